The first-order valence-electron chi connectivity index (χ1n) is 8.43. The number of hydrogen-bond donors (Lipinski definition) is 0. The van der Waals surface area contributed by atoms with Crippen LogP contribution >= 0.6 is 0 Å². The van der Waals surface area contributed by atoms with E-state index in [0.29, 0.717) is 6.61 Å². The van der Waals surface area contributed by atoms with Gasteiger partial charge in [0.1, 0.15) is 12.4 Å². The van der Waals surface area contributed by atoms with Crippen molar-refractivity contribution >= 4 is 12.0 Å². The minimum absolute atomic E-state index is 0.0934. The molecule has 1 aromatic carbocycles. The fourth-order valence-electron chi connectivity index (χ4n) is 3.50. The van der Waals surface area contributed by atoms with Gasteiger partial charge in [0.15, 0.2) is 0 Å². The quantitative estimate of drug-likeness (QED) is 0.872. The average molecular weight is 323 g/mol. The normalized spacial score (nSPS) is 19.6. The Morgan fingerprint density at radius 1 is 1.38 bits per heavy atom. The molecule has 4 rings (SSSR count). The highest BCUT2D eigenvalue weighted by Gasteiger charge is 2.32. The van der Waals surface area contributed by atoms with E-state index < -0.39 is 0 Å². The molecule has 24 heavy (non-hydrogen) atoms. The number of carbonyl (C=O) groups excluding carboxylic acids is 1. The monoisotopic (exact) mass is 323 g/mol. The zero-order chi connectivity index (χ0) is 16.5. The predicted molar refractivity (Wildman–Crippen MR) is 91.6 cm³/mol. The number of likely N-dealkylation sites (tertiary alicyclic amines) is 1. The highest BCUT2D eigenvalue weighted by molar-refractivity contribution is 5.99. The van der Waals surface area contributed by atoms with E-state index in [9.17, 15) is 4.79 Å². The van der Waals surface area contributed by atoms with Gasteiger partial charge in [-0.25, -0.2) is 0 Å². The Kier molecular flexibility index (Phi) is 3.84. The fourth-order valence-corrected chi connectivity index (χ4v) is 3.50. The van der Waals surface area contributed by atoms with Crippen molar-refractivity contribution in [2.24, 2.45) is 0 Å². The van der Waals surface area contributed by atoms with Gasteiger partial charge in [-0.3, -0.25) is 9.48 Å². The van der Waals surface area contributed by atoms with Crippen molar-refractivity contribution in [1.82, 2.24) is 14.7 Å². The van der Waals surface area contributed by atoms with Crippen LogP contribution in [0.3, 0.4) is 0 Å². The second-order valence-electron chi connectivity index (χ2n) is 6.53. The number of hydrogen-bond acceptors (Lipinski definition) is 3. The lowest BCUT2D eigenvalue weighted by Crippen LogP contribution is -2.40. The van der Waals surface area contributed by atoms with Gasteiger partial charge >= 0.3 is 0 Å². The second-order valence-corrected chi connectivity index (χ2v) is 6.53. The summed E-state index contributed by atoms with van der Waals surface area (Å²) in [6, 6.07) is 8.03. The van der Waals surface area contributed by atoms with E-state index in [-0.39, 0.29) is 11.9 Å². The Hall–Kier alpha value is -2.56. The van der Waals surface area contributed by atoms with Crippen LogP contribution in [0.15, 0.2) is 42.2 Å². The SMILES string of the molecule is Cc1cnn(CC2CCCN2C(=O)C2=Cc3ccccc3OC2)c1. The largest absolute Gasteiger partial charge is 0.488 e. The third-order valence-electron chi connectivity index (χ3n) is 4.70. The van der Waals surface area contributed by atoms with Crippen LogP contribution in [-0.2, 0) is 11.3 Å². The molecule has 1 aromatic heterocycles. The molecule has 0 N–H and O–H groups in total. The van der Waals surface area contributed by atoms with Crippen LogP contribution < -0.4 is 4.74 Å². The van der Waals surface area contributed by atoms with E-state index in [1.165, 1.54) is 0 Å². The molecular formula is C19H21N3O2. The van der Waals surface area contributed by atoms with Crippen LogP contribution in [0.4, 0.5) is 0 Å². The van der Waals surface area contributed by atoms with Crippen molar-refractivity contribution in [3.63, 3.8) is 0 Å². The van der Waals surface area contributed by atoms with Gasteiger partial charge in [-0.05, 0) is 37.5 Å². The lowest BCUT2D eigenvalue weighted by Gasteiger charge is -2.27. The molecule has 0 aliphatic carbocycles. The van der Waals surface area contributed by atoms with Crippen LogP contribution in [0.25, 0.3) is 6.08 Å². The summed E-state index contributed by atoms with van der Waals surface area (Å²) in [5.74, 6) is 0.940. The molecule has 1 atom stereocenters. The number of para-hydroxylation sites is 1. The summed E-state index contributed by atoms with van der Waals surface area (Å²) in [5.41, 5.74) is 2.86. The molecule has 0 saturated carbocycles. The standard InChI is InChI=1S/C19H21N3O2/c1-14-10-20-21(11-14)12-17-6-4-8-22(17)19(23)16-9-15-5-2-3-7-18(15)24-13-16/h2-3,5,7,9-11,17H,4,6,8,12-13H2,1H3. The molecular weight excluding hydrogens is 302 g/mol. The Morgan fingerprint density at radius 2 is 2.25 bits per heavy atom. The van der Waals surface area contributed by atoms with E-state index in [0.717, 1.165) is 48.4 Å². The van der Waals surface area contributed by atoms with Crippen LogP contribution in [0.5, 0.6) is 5.75 Å². The molecule has 1 fully saturated rings. The summed E-state index contributed by atoms with van der Waals surface area (Å²) in [5, 5.41) is 4.35. The van der Waals surface area contributed by atoms with Gasteiger partial charge in [0.25, 0.3) is 5.91 Å². The molecule has 1 amide bonds. The first-order valence-corrected chi connectivity index (χ1v) is 8.43. The Bertz CT molecular complexity index is 793. The van der Waals surface area contributed by atoms with E-state index in [1.807, 2.05) is 59.2 Å². The Balaban J connectivity index is 1.52. The summed E-state index contributed by atoms with van der Waals surface area (Å²) in [6.45, 7) is 3.94. The number of aromatic nitrogens is 2. The van der Waals surface area contributed by atoms with Crippen molar-refractivity contribution in [2.45, 2.75) is 32.4 Å². The maximum absolute atomic E-state index is 13.0. The highest BCUT2D eigenvalue weighted by atomic mass is 16.5. The number of amides is 1. The predicted octanol–water partition coefficient (Wildman–Crippen LogP) is 2.66. The molecule has 5 nitrogen and oxygen atoms in total. The van der Waals surface area contributed by atoms with Gasteiger partial charge in [-0.1, -0.05) is 18.2 Å². The maximum Gasteiger partial charge on any atom is 0.253 e. The van der Waals surface area contributed by atoms with Gasteiger partial charge in [0.2, 0.25) is 0 Å². The van der Waals surface area contributed by atoms with E-state index in [1.54, 1.807) is 0 Å². The van der Waals surface area contributed by atoms with Gasteiger partial charge in [-0.2, -0.15) is 5.10 Å². The lowest BCUT2D eigenvalue weighted by atomic mass is 10.1. The third kappa shape index (κ3) is 2.82. The first-order chi connectivity index (χ1) is 11.7. The molecule has 1 saturated heterocycles. The number of carbonyl (C=O) groups is 1. The number of ether oxygens (including phenoxy) is 1. The molecule has 1 unspecified atom stereocenters. The molecule has 0 spiro atoms. The summed E-state index contributed by atoms with van der Waals surface area (Å²) in [7, 11) is 0. The zero-order valence-electron chi connectivity index (χ0n) is 13.8. The van der Waals surface area contributed by atoms with Crippen molar-refractivity contribution in [2.75, 3.05) is 13.2 Å². The summed E-state index contributed by atoms with van der Waals surface area (Å²) in [4.78, 5) is 15.0. The molecule has 124 valence electrons. The van der Waals surface area contributed by atoms with Crippen molar-refractivity contribution in [1.29, 1.82) is 0 Å². The topological polar surface area (TPSA) is 47.4 Å². The molecule has 3 heterocycles. The number of fused-ring (bicyclic) bond motifs is 1. The summed E-state index contributed by atoms with van der Waals surface area (Å²) >= 11 is 0. The fraction of sp³-hybridized carbons (Fsp3) is 0.368. The number of benzene rings is 1. The minimum atomic E-state index is 0.0934. The van der Waals surface area contributed by atoms with Crippen LogP contribution in [0.2, 0.25) is 0 Å². The van der Waals surface area contributed by atoms with Gasteiger partial charge in [0, 0.05) is 18.3 Å². The van der Waals surface area contributed by atoms with Gasteiger partial charge in [-0.15, -0.1) is 0 Å². The number of nitrogens with zero attached hydrogens (tertiary/aromatic N) is 3. The summed E-state index contributed by atoms with van der Waals surface area (Å²) < 4.78 is 7.68. The van der Waals surface area contributed by atoms with E-state index in [2.05, 4.69) is 5.10 Å². The first kappa shape index (κ1) is 15.0. The zero-order valence-corrected chi connectivity index (χ0v) is 13.8. The van der Waals surface area contributed by atoms with E-state index >= 15 is 0 Å². The second kappa shape index (κ2) is 6.15. The van der Waals surface area contributed by atoms with Gasteiger partial charge < -0.3 is 9.64 Å². The lowest BCUT2D eigenvalue weighted by molar-refractivity contribution is -0.128. The minimum Gasteiger partial charge on any atom is -0.488 e. The molecule has 2 aromatic rings. The van der Waals surface area contributed by atoms with Crippen LogP contribution in [0, 0.1) is 6.92 Å². The molecule has 5 heteroatoms. The van der Waals surface area contributed by atoms with Gasteiger partial charge in [0.05, 0.1) is 24.4 Å². The Morgan fingerprint density at radius 3 is 3.08 bits per heavy atom. The van der Waals surface area contributed by atoms with Crippen molar-refractivity contribution < 1.29 is 9.53 Å². The molecule has 2 aliphatic heterocycles. The number of aryl methyl sites for hydroxylation is 1. The smallest absolute Gasteiger partial charge is 0.253 e. The number of rotatable bonds is 3. The van der Waals surface area contributed by atoms with Crippen molar-refractivity contribution in [3.8, 4) is 5.75 Å². The molecule has 0 bridgehead atoms. The maximum atomic E-state index is 13.0. The van der Waals surface area contributed by atoms with Crippen LogP contribution in [-0.4, -0.2) is 39.8 Å². The van der Waals surface area contributed by atoms with E-state index in [4.69, 9.17) is 4.74 Å². The average Bonchev–Trinajstić information content (AvgIpc) is 3.23. The highest BCUT2D eigenvalue weighted by Crippen LogP contribution is 2.28. The third-order valence-corrected chi connectivity index (χ3v) is 4.70. The Labute approximate surface area is 141 Å². The molecule has 0 radical (unpaired) electrons. The summed E-state index contributed by atoms with van der Waals surface area (Å²) in [6.07, 6.45) is 7.92. The molecule has 2 aliphatic rings. The van der Waals surface area contributed by atoms with Crippen LogP contribution in [0.1, 0.15) is 24.0 Å². The van der Waals surface area contributed by atoms with Crippen molar-refractivity contribution in [3.05, 3.63) is 53.4 Å².